The van der Waals surface area contributed by atoms with Gasteiger partial charge in [-0.3, -0.25) is 14.1 Å². The number of pyridine rings is 2. The normalized spacial score (nSPS) is 18.2. The number of hydrogen-bond donors (Lipinski definition) is 3. The maximum atomic E-state index is 14.0. The Morgan fingerprint density at radius 1 is 1.22 bits per heavy atom. The average molecular weight is 533 g/mol. The van der Waals surface area contributed by atoms with Crippen molar-refractivity contribution in [2.45, 2.75) is 51.7 Å². The van der Waals surface area contributed by atoms with Crippen LogP contribution < -0.4 is 20.8 Å². The molecule has 37 heavy (non-hydrogen) atoms. The Hall–Kier alpha value is -3.29. The van der Waals surface area contributed by atoms with E-state index in [4.69, 9.17) is 20.3 Å². The highest BCUT2D eigenvalue weighted by Crippen LogP contribution is 2.34. The fourth-order valence-corrected chi connectivity index (χ4v) is 5.31. The van der Waals surface area contributed by atoms with E-state index in [9.17, 15) is 13.2 Å². The number of aryl methyl sites for hydroxylation is 1. The molecule has 0 spiro atoms. The number of fused-ring (bicyclic) bond motifs is 1. The van der Waals surface area contributed by atoms with Crippen LogP contribution in [0, 0.1) is 6.92 Å². The highest BCUT2D eigenvalue weighted by Gasteiger charge is 2.27. The molecule has 0 bridgehead atoms. The summed E-state index contributed by atoms with van der Waals surface area (Å²) in [5.41, 5.74) is 7.62. The third-order valence-electron chi connectivity index (χ3n) is 6.55. The van der Waals surface area contributed by atoms with E-state index >= 15 is 0 Å². The number of aliphatic hydroxyl groups excluding tert-OH is 1. The lowest BCUT2D eigenvalue weighted by molar-refractivity contribution is 0.00169. The predicted octanol–water partition coefficient (Wildman–Crippen LogP) is 2.01. The average Bonchev–Trinajstić information content (AvgIpc) is 2.87. The topological polar surface area (TPSA) is 172 Å². The van der Waals surface area contributed by atoms with Crippen molar-refractivity contribution in [2.24, 2.45) is 0 Å². The molecule has 1 fully saturated rings. The molecule has 12 nitrogen and oxygen atoms in total. The fourth-order valence-electron chi connectivity index (χ4n) is 4.68. The first-order valence-corrected chi connectivity index (χ1v) is 13.8. The first-order valence-electron chi connectivity index (χ1n) is 12.1. The summed E-state index contributed by atoms with van der Waals surface area (Å²) < 4.78 is 39.6. The lowest BCUT2D eigenvalue weighted by atomic mass is 9.92. The van der Waals surface area contributed by atoms with Crippen molar-refractivity contribution in [1.29, 1.82) is 0 Å². The molecule has 0 atom stereocenters. The molecule has 0 saturated heterocycles. The van der Waals surface area contributed by atoms with E-state index < -0.39 is 10.0 Å². The summed E-state index contributed by atoms with van der Waals surface area (Å²) in [5.74, 6) is 0.0369. The van der Waals surface area contributed by atoms with E-state index in [2.05, 4.69) is 19.7 Å². The van der Waals surface area contributed by atoms with Crippen LogP contribution in [0.15, 0.2) is 23.1 Å². The highest BCUT2D eigenvalue weighted by molar-refractivity contribution is 7.92. The second kappa shape index (κ2) is 11.0. The van der Waals surface area contributed by atoms with E-state index in [1.54, 1.807) is 23.6 Å². The number of anilines is 2. The van der Waals surface area contributed by atoms with Gasteiger partial charge in [-0.25, -0.2) is 18.4 Å². The summed E-state index contributed by atoms with van der Waals surface area (Å²) in [5, 5.41) is 9.72. The summed E-state index contributed by atoms with van der Waals surface area (Å²) in [6.45, 7) is 3.57. The Morgan fingerprint density at radius 2 is 1.95 bits per heavy atom. The van der Waals surface area contributed by atoms with Gasteiger partial charge in [0.25, 0.3) is 5.56 Å². The summed E-state index contributed by atoms with van der Waals surface area (Å²) in [7, 11) is -2.22. The molecule has 0 aromatic carbocycles. The smallest absolute Gasteiger partial charge is 0.260 e. The van der Waals surface area contributed by atoms with Gasteiger partial charge in [0.1, 0.15) is 11.3 Å². The maximum absolute atomic E-state index is 14.0. The lowest BCUT2D eigenvalue weighted by Crippen LogP contribution is -2.32. The molecule has 1 aliphatic carbocycles. The molecule has 4 N–H and O–H groups in total. The van der Waals surface area contributed by atoms with Gasteiger partial charge in [-0.1, -0.05) is 0 Å². The van der Waals surface area contributed by atoms with Crippen LogP contribution in [0.2, 0.25) is 0 Å². The van der Waals surface area contributed by atoms with Crippen LogP contribution in [0.3, 0.4) is 0 Å². The molecular formula is C24H32N6O6S. The van der Waals surface area contributed by atoms with Crippen LogP contribution in [0.25, 0.3) is 22.2 Å². The van der Waals surface area contributed by atoms with Crippen molar-refractivity contribution in [2.75, 3.05) is 36.5 Å². The number of aromatic nitrogens is 4. The highest BCUT2D eigenvalue weighted by atomic mass is 32.2. The number of aliphatic hydroxyl groups is 1. The molecule has 3 heterocycles. The number of nitrogen functional groups attached to an aromatic ring is 1. The van der Waals surface area contributed by atoms with E-state index in [1.807, 2.05) is 0 Å². The molecule has 1 saturated carbocycles. The van der Waals surface area contributed by atoms with Gasteiger partial charge < -0.3 is 20.3 Å². The Balaban J connectivity index is 1.85. The zero-order chi connectivity index (χ0) is 26.7. The quantitative estimate of drug-likeness (QED) is 0.370. The fraction of sp³-hybridized carbons (Fsp3) is 0.500. The van der Waals surface area contributed by atoms with Gasteiger partial charge in [-0.2, -0.15) is 4.98 Å². The van der Waals surface area contributed by atoms with Gasteiger partial charge in [0.15, 0.2) is 0 Å². The SMILES string of the molecule is CCS(=O)(=O)Nc1cc(-c2cc3c(C)nc(N)nc3n(C3CCC(OCCO)CC3)c2=O)cnc1OC. The Kier molecular flexibility index (Phi) is 7.95. The molecule has 4 rings (SSSR count). The largest absolute Gasteiger partial charge is 0.480 e. The number of hydrogen-bond acceptors (Lipinski definition) is 10. The van der Waals surface area contributed by atoms with Gasteiger partial charge in [-0.15, -0.1) is 0 Å². The van der Waals surface area contributed by atoms with Gasteiger partial charge >= 0.3 is 0 Å². The van der Waals surface area contributed by atoms with Crippen LogP contribution in [0.1, 0.15) is 44.3 Å². The third kappa shape index (κ3) is 5.68. The van der Waals surface area contributed by atoms with Crippen molar-refractivity contribution in [1.82, 2.24) is 19.5 Å². The number of nitrogens with zero attached hydrogens (tertiary/aromatic N) is 4. The third-order valence-corrected chi connectivity index (χ3v) is 7.85. The van der Waals surface area contributed by atoms with E-state index in [0.29, 0.717) is 40.7 Å². The second-order valence-corrected chi connectivity index (χ2v) is 11.0. The summed E-state index contributed by atoms with van der Waals surface area (Å²) in [4.78, 5) is 26.9. The first kappa shape index (κ1) is 26.8. The molecule has 0 unspecified atom stereocenters. The van der Waals surface area contributed by atoms with Crippen molar-refractivity contribution in [3.63, 3.8) is 0 Å². The van der Waals surface area contributed by atoms with Gasteiger partial charge in [-0.05, 0) is 51.7 Å². The molecular weight excluding hydrogens is 500 g/mol. The number of nitrogens with one attached hydrogen (secondary N) is 1. The second-order valence-electron chi connectivity index (χ2n) is 8.95. The molecule has 0 radical (unpaired) electrons. The van der Waals surface area contributed by atoms with Crippen molar-refractivity contribution >= 4 is 32.7 Å². The molecule has 3 aromatic heterocycles. The van der Waals surface area contributed by atoms with Crippen molar-refractivity contribution in [3.8, 4) is 17.0 Å². The molecule has 0 amide bonds. The summed E-state index contributed by atoms with van der Waals surface area (Å²) >= 11 is 0. The Bertz CT molecular complexity index is 1450. The minimum atomic E-state index is -3.61. The number of ether oxygens (including phenoxy) is 2. The lowest BCUT2D eigenvalue weighted by Gasteiger charge is -2.30. The zero-order valence-electron chi connectivity index (χ0n) is 21.1. The minimum Gasteiger partial charge on any atom is -0.480 e. The van der Waals surface area contributed by atoms with E-state index in [1.165, 1.54) is 20.2 Å². The van der Waals surface area contributed by atoms with E-state index in [-0.39, 0.29) is 54.2 Å². The Labute approximate surface area is 214 Å². The molecule has 13 heteroatoms. The van der Waals surface area contributed by atoms with Crippen molar-refractivity contribution < 1.29 is 23.0 Å². The van der Waals surface area contributed by atoms with Crippen LogP contribution in [-0.4, -0.2) is 65.2 Å². The number of nitrogens with two attached hydrogens (primary N) is 1. The number of methoxy groups -OCH3 is 1. The molecule has 3 aromatic rings. The monoisotopic (exact) mass is 532 g/mol. The summed E-state index contributed by atoms with van der Waals surface area (Å²) in [6, 6.07) is 3.08. The molecule has 0 aliphatic heterocycles. The summed E-state index contributed by atoms with van der Waals surface area (Å²) in [6.07, 6.45) is 4.32. The molecule has 1 aliphatic rings. The minimum absolute atomic E-state index is 0.0231. The van der Waals surface area contributed by atoms with Gasteiger partial charge in [0.2, 0.25) is 21.9 Å². The number of rotatable bonds is 9. The molecule has 200 valence electrons. The van der Waals surface area contributed by atoms with Crippen LogP contribution in [-0.2, 0) is 14.8 Å². The van der Waals surface area contributed by atoms with Gasteiger partial charge in [0.05, 0.1) is 37.9 Å². The first-order chi connectivity index (χ1) is 17.7. The van der Waals surface area contributed by atoms with Crippen LogP contribution >= 0.6 is 0 Å². The zero-order valence-corrected chi connectivity index (χ0v) is 21.9. The van der Waals surface area contributed by atoms with Gasteiger partial charge in [0, 0.05) is 28.8 Å². The van der Waals surface area contributed by atoms with Crippen LogP contribution in [0.4, 0.5) is 11.6 Å². The predicted molar refractivity (Wildman–Crippen MR) is 140 cm³/mol. The van der Waals surface area contributed by atoms with Crippen molar-refractivity contribution in [3.05, 3.63) is 34.4 Å². The maximum Gasteiger partial charge on any atom is 0.260 e. The Morgan fingerprint density at radius 3 is 2.59 bits per heavy atom. The van der Waals surface area contributed by atoms with E-state index in [0.717, 1.165) is 12.8 Å². The van der Waals surface area contributed by atoms with Crippen LogP contribution in [0.5, 0.6) is 5.88 Å². The standard InChI is InChI=1S/C24H32N6O6S/c1-4-37(33,34)29-20-11-15(13-26-22(20)35-3)19-12-18-14(2)27-24(25)28-21(18)30(23(19)32)16-5-7-17(8-6-16)36-10-9-31/h11-13,16-17,29,31H,4-10H2,1-3H3,(H2,25,27,28). The number of sulfonamides is 1.